The largest absolute Gasteiger partial charge is 0.509 e. The zero-order chi connectivity index (χ0) is 36.2. The Hall–Kier alpha value is -1.94. The maximum Gasteiger partial charge on any atom is 0.509 e. The number of unbranched alkanes of at least 4 members (excludes halogenated alkanes) is 22. The number of carboxylic acid groups (broad SMARTS) is 2. The summed E-state index contributed by atoms with van der Waals surface area (Å²) in [5, 5.41) is 19.5. The van der Waals surface area contributed by atoms with Gasteiger partial charge in [0, 0.05) is 0 Å². The number of halogens is 2. The lowest BCUT2D eigenvalue weighted by molar-refractivity contribution is -0.146. The molecule has 0 aromatic rings. The second kappa shape index (κ2) is 35.9. The average Bonchev–Trinajstić information content (AvgIpc) is 3.06. The smallest absolute Gasteiger partial charge is 0.481 e. The van der Waals surface area contributed by atoms with Crippen LogP contribution in [-0.2, 0) is 28.5 Å². The molecule has 0 aromatic heterocycles. The van der Waals surface area contributed by atoms with Gasteiger partial charge in [0.1, 0.15) is 0 Å². The van der Waals surface area contributed by atoms with Crippen LogP contribution in [0.1, 0.15) is 173 Å². The monoisotopic (exact) mass is 740 g/mol. The van der Waals surface area contributed by atoms with Crippen molar-refractivity contribution in [1.29, 1.82) is 0 Å². The maximum absolute atomic E-state index is 11.9. The predicted molar refractivity (Wildman–Crippen MR) is 193 cm³/mol. The molecule has 10 nitrogen and oxygen atoms in total. The van der Waals surface area contributed by atoms with E-state index in [-0.39, 0.29) is 18.6 Å². The van der Waals surface area contributed by atoms with Crippen molar-refractivity contribution in [2.45, 2.75) is 173 Å². The van der Waals surface area contributed by atoms with Gasteiger partial charge in [0.25, 0.3) is 0 Å². The average molecular weight is 742 g/mol. The first kappa shape index (κ1) is 47.1. The fourth-order valence-electron chi connectivity index (χ4n) is 6.03. The Bertz CT molecular complexity index is 750. The first-order valence-corrected chi connectivity index (χ1v) is 20.0. The number of hydrogen-bond donors (Lipinski definition) is 2. The van der Waals surface area contributed by atoms with Crippen LogP contribution in [0.25, 0.3) is 0 Å². The summed E-state index contributed by atoms with van der Waals surface area (Å²) in [6, 6.07) is -0.380. The van der Waals surface area contributed by atoms with Gasteiger partial charge in [-0.05, 0) is 32.1 Å². The third-order valence-electron chi connectivity index (χ3n) is 8.95. The van der Waals surface area contributed by atoms with E-state index < -0.39 is 36.1 Å². The normalized spacial score (nSPS) is 12.3. The van der Waals surface area contributed by atoms with Gasteiger partial charge in [0.2, 0.25) is 0 Å². The van der Waals surface area contributed by atoms with Gasteiger partial charge in [-0.2, -0.15) is 0 Å². The summed E-state index contributed by atoms with van der Waals surface area (Å²) < 4.78 is 18.7. The molecule has 2 N–H and O–H groups in total. The molecule has 288 valence electrons. The quantitative estimate of drug-likeness (QED) is 0.0361. The maximum atomic E-state index is 11.9. The number of hydrogen-bond acceptors (Lipinski definition) is 8. The van der Waals surface area contributed by atoms with E-state index in [9.17, 15) is 29.4 Å². The van der Waals surface area contributed by atoms with Crippen LogP contribution in [0, 0.1) is 11.8 Å². The molecule has 0 fully saturated rings. The Labute approximate surface area is 305 Å². The number of ether oxygens (including phenoxy) is 4. The van der Waals surface area contributed by atoms with Crippen molar-refractivity contribution < 1.29 is 48.3 Å². The minimum Gasteiger partial charge on any atom is -0.481 e. The Morgan fingerprint density at radius 3 is 0.878 bits per heavy atom. The standard InChI is InChI=1S/C37H66Cl2O10/c38-30-48-36(44)46-27-23-19-15-11-7-3-1-5-9-13-17-21-25-32(34(40)41)29-33(35(42)43)26-22-18-14-10-6-2-4-8-12-16-20-24-28-47-37(45)49-31-39/h32-33H,1-31H2,(H,40,41)(H,42,43). The number of carbonyl (C=O) groups excluding carboxylic acids is 2. The van der Waals surface area contributed by atoms with E-state index in [1.807, 2.05) is 0 Å². The van der Waals surface area contributed by atoms with Gasteiger partial charge in [-0.25, -0.2) is 9.59 Å². The summed E-state index contributed by atoms with van der Waals surface area (Å²) in [7, 11) is 0. The summed E-state index contributed by atoms with van der Waals surface area (Å²) >= 11 is 10.6. The molecule has 2 atom stereocenters. The van der Waals surface area contributed by atoms with Crippen molar-refractivity contribution >= 4 is 47.5 Å². The number of carboxylic acids is 2. The molecule has 0 aromatic carbocycles. The van der Waals surface area contributed by atoms with Crippen LogP contribution in [0.4, 0.5) is 9.59 Å². The lowest BCUT2D eigenvalue weighted by Crippen LogP contribution is -2.23. The molecule has 0 rings (SSSR count). The van der Waals surface area contributed by atoms with Crippen molar-refractivity contribution in [1.82, 2.24) is 0 Å². The van der Waals surface area contributed by atoms with Crippen LogP contribution < -0.4 is 0 Å². The summed E-state index contributed by atoms with van der Waals surface area (Å²) in [4.78, 5) is 45.8. The lowest BCUT2D eigenvalue weighted by atomic mass is 9.87. The van der Waals surface area contributed by atoms with Crippen LogP contribution in [-0.4, -0.2) is 59.8 Å². The van der Waals surface area contributed by atoms with Crippen molar-refractivity contribution in [3.8, 4) is 0 Å². The number of alkyl halides is 2. The molecular weight excluding hydrogens is 675 g/mol. The van der Waals surface area contributed by atoms with Gasteiger partial charge in [-0.3, -0.25) is 9.59 Å². The fraction of sp³-hybridized carbons (Fsp3) is 0.892. The fourth-order valence-corrected chi connectivity index (χ4v) is 6.21. The Kier molecular flexibility index (Phi) is 34.5. The van der Waals surface area contributed by atoms with Crippen molar-refractivity contribution in [2.24, 2.45) is 11.8 Å². The molecule has 0 aliphatic carbocycles. The highest BCUT2D eigenvalue weighted by Crippen LogP contribution is 2.25. The molecule has 0 spiro atoms. The van der Waals surface area contributed by atoms with Gasteiger partial charge in [0.15, 0.2) is 12.1 Å². The molecule has 0 bridgehead atoms. The van der Waals surface area contributed by atoms with Crippen molar-refractivity contribution in [2.75, 3.05) is 25.3 Å². The van der Waals surface area contributed by atoms with E-state index in [2.05, 4.69) is 9.47 Å². The SMILES string of the molecule is O=C(OCCl)OCCCCCCCCCCCCCCC(CC(CCCCCCCCCCCCCCOC(=O)OCCl)C(=O)O)C(=O)O. The third kappa shape index (κ3) is 33.0. The van der Waals surface area contributed by atoms with E-state index in [1.165, 1.54) is 64.2 Å². The third-order valence-corrected chi connectivity index (χ3v) is 9.16. The molecule has 12 heteroatoms. The molecule has 49 heavy (non-hydrogen) atoms. The first-order valence-electron chi connectivity index (χ1n) is 19.0. The minimum absolute atomic E-state index is 0.190. The Balaban J connectivity index is 3.74. The summed E-state index contributed by atoms with van der Waals surface area (Å²) in [6.45, 7) is 0.735. The minimum atomic E-state index is -0.869. The summed E-state index contributed by atoms with van der Waals surface area (Å²) in [6.07, 6.45) is 26.0. The predicted octanol–water partition coefficient (Wildman–Crippen LogP) is 11.6. The van der Waals surface area contributed by atoms with Gasteiger partial charge in [-0.15, -0.1) is 0 Å². The van der Waals surface area contributed by atoms with Crippen LogP contribution in [0.15, 0.2) is 0 Å². The molecule has 0 saturated carbocycles. The molecule has 0 saturated heterocycles. The topological polar surface area (TPSA) is 146 Å². The first-order chi connectivity index (χ1) is 23.8. The molecule has 2 unspecified atom stereocenters. The van der Waals surface area contributed by atoms with Crippen LogP contribution >= 0.6 is 23.2 Å². The van der Waals surface area contributed by atoms with E-state index in [0.29, 0.717) is 26.1 Å². The highest BCUT2D eigenvalue weighted by molar-refractivity contribution is 6.17. The van der Waals surface area contributed by atoms with Gasteiger partial charge >= 0.3 is 24.2 Å². The van der Waals surface area contributed by atoms with Crippen LogP contribution in [0.2, 0.25) is 0 Å². The number of carbonyl (C=O) groups is 4. The van der Waals surface area contributed by atoms with E-state index in [4.69, 9.17) is 32.7 Å². The molecule has 0 heterocycles. The summed E-state index contributed by atoms with van der Waals surface area (Å²) in [5.74, 6) is -2.90. The molecule has 0 aliphatic rings. The summed E-state index contributed by atoms with van der Waals surface area (Å²) in [5.41, 5.74) is 0. The molecule has 0 radical (unpaired) electrons. The van der Waals surface area contributed by atoms with Crippen LogP contribution in [0.5, 0.6) is 0 Å². The lowest BCUT2D eigenvalue weighted by Gasteiger charge is -2.18. The second-order valence-corrected chi connectivity index (χ2v) is 13.5. The van der Waals surface area contributed by atoms with Crippen molar-refractivity contribution in [3.63, 3.8) is 0 Å². The number of aliphatic carboxylic acids is 2. The van der Waals surface area contributed by atoms with E-state index >= 15 is 0 Å². The molecule has 0 amide bonds. The van der Waals surface area contributed by atoms with E-state index in [0.717, 1.165) is 89.9 Å². The Morgan fingerprint density at radius 1 is 0.388 bits per heavy atom. The van der Waals surface area contributed by atoms with Gasteiger partial charge in [0.05, 0.1) is 25.0 Å². The second-order valence-electron chi connectivity index (χ2n) is 13.1. The van der Waals surface area contributed by atoms with Crippen molar-refractivity contribution in [3.05, 3.63) is 0 Å². The highest BCUT2D eigenvalue weighted by atomic mass is 35.5. The zero-order valence-corrected chi connectivity index (χ0v) is 31.5. The Morgan fingerprint density at radius 2 is 0.633 bits per heavy atom. The highest BCUT2D eigenvalue weighted by Gasteiger charge is 2.26. The van der Waals surface area contributed by atoms with Gasteiger partial charge in [-0.1, -0.05) is 164 Å². The molecule has 0 aliphatic heterocycles. The number of rotatable bonds is 36. The van der Waals surface area contributed by atoms with E-state index in [1.54, 1.807) is 0 Å². The molecular formula is C37H66Cl2O10. The zero-order valence-electron chi connectivity index (χ0n) is 30.0. The van der Waals surface area contributed by atoms with Gasteiger partial charge < -0.3 is 29.2 Å². The van der Waals surface area contributed by atoms with Crippen LogP contribution in [0.3, 0.4) is 0 Å².